The highest BCUT2D eigenvalue weighted by Gasteiger charge is 2.07. The molecule has 0 fully saturated rings. The minimum Gasteiger partial charge on any atom is -0.372 e. The Morgan fingerprint density at radius 3 is 2.41 bits per heavy atom. The van der Waals surface area contributed by atoms with Gasteiger partial charge in [0, 0.05) is 18.8 Å². The van der Waals surface area contributed by atoms with Gasteiger partial charge in [-0.2, -0.15) is 0 Å². The number of likely N-dealkylation sites (N-methyl/N-ethyl adjacent to an activating group) is 1. The Bertz CT molecular complexity index is 427. The van der Waals surface area contributed by atoms with Gasteiger partial charge in [-0.15, -0.1) is 0 Å². The first kappa shape index (κ1) is 13.6. The van der Waals surface area contributed by atoms with Crippen LogP contribution in [0.5, 0.6) is 0 Å². The van der Waals surface area contributed by atoms with E-state index in [0.29, 0.717) is 6.04 Å². The Morgan fingerprint density at radius 1 is 1.29 bits per heavy atom. The molecule has 1 rings (SSSR count). The van der Waals surface area contributed by atoms with Crippen molar-refractivity contribution in [2.24, 2.45) is 0 Å². The Hall–Kier alpha value is -1.50. The van der Waals surface area contributed by atoms with Crippen LogP contribution < -0.4 is 0 Å². The molecule has 0 aliphatic heterocycles. The molecule has 1 nitrogen and oxygen atoms in total. The van der Waals surface area contributed by atoms with E-state index in [1.165, 1.54) is 16.7 Å². The fourth-order valence-electron chi connectivity index (χ4n) is 1.66. The summed E-state index contributed by atoms with van der Waals surface area (Å²) in [6.45, 7) is 12.8. The van der Waals surface area contributed by atoms with Crippen LogP contribution in [-0.4, -0.2) is 18.0 Å². The summed E-state index contributed by atoms with van der Waals surface area (Å²) in [5, 5.41) is 0. The first-order chi connectivity index (χ1) is 7.93. The van der Waals surface area contributed by atoms with E-state index >= 15 is 0 Å². The second-order valence-electron chi connectivity index (χ2n) is 4.84. The van der Waals surface area contributed by atoms with Gasteiger partial charge in [-0.1, -0.05) is 30.8 Å². The fourth-order valence-corrected chi connectivity index (χ4v) is 1.66. The van der Waals surface area contributed by atoms with Crippen LogP contribution in [0.4, 0.5) is 0 Å². The molecule has 1 aromatic rings. The molecule has 0 aromatic heterocycles. The molecule has 0 saturated carbocycles. The molecule has 0 aliphatic carbocycles. The van der Waals surface area contributed by atoms with E-state index in [1.807, 2.05) is 0 Å². The van der Waals surface area contributed by atoms with Crippen LogP contribution in [0.15, 0.2) is 42.1 Å². The van der Waals surface area contributed by atoms with Gasteiger partial charge >= 0.3 is 0 Å². The van der Waals surface area contributed by atoms with Crippen molar-refractivity contribution < 1.29 is 0 Å². The zero-order chi connectivity index (χ0) is 13.0. The molecule has 0 unspecified atom stereocenters. The fraction of sp³-hybridized carbons (Fsp3) is 0.375. The van der Waals surface area contributed by atoms with Crippen LogP contribution >= 0.6 is 0 Å². The van der Waals surface area contributed by atoms with Crippen LogP contribution in [0.25, 0.3) is 6.08 Å². The van der Waals surface area contributed by atoms with E-state index in [9.17, 15) is 0 Å². The highest BCUT2D eigenvalue weighted by Crippen LogP contribution is 2.19. The summed E-state index contributed by atoms with van der Waals surface area (Å²) in [5.74, 6) is 0. The molecule has 0 spiro atoms. The maximum atomic E-state index is 4.16. The van der Waals surface area contributed by atoms with E-state index in [1.54, 1.807) is 0 Å². The van der Waals surface area contributed by atoms with Crippen molar-refractivity contribution in [1.29, 1.82) is 0 Å². The smallest absolute Gasteiger partial charge is 0.0322 e. The minimum absolute atomic E-state index is 0.475. The number of benzene rings is 1. The van der Waals surface area contributed by atoms with E-state index < -0.39 is 0 Å². The predicted octanol–water partition coefficient (Wildman–Crippen LogP) is 4.25. The third-order valence-electron chi connectivity index (χ3n) is 3.22. The summed E-state index contributed by atoms with van der Waals surface area (Å²) >= 11 is 0. The molecule has 0 N–H and O–H groups in total. The highest BCUT2D eigenvalue weighted by molar-refractivity contribution is 5.59. The SMILES string of the molecule is C=C(/C(C)=C\c1ccccc1C)N(C)C(C)C. The van der Waals surface area contributed by atoms with Gasteiger partial charge in [0.25, 0.3) is 0 Å². The third-order valence-corrected chi connectivity index (χ3v) is 3.22. The van der Waals surface area contributed by atoms with Gasteiger partial charge in [0.2, 0.25) is 0 Å². The zero-order valence-electron chi connectivity index (χ0n) is 11.6. The third kappa shape index (κ3) is 3.48. The Kier molecular flexibility index (Phi) is 4.56. The van der Waals surface area contributed by atoms with E-state index in [0.717, 1.165) is 5.70 Å². The lowest BCUT2D eigenvalue weighted by atomic mass is 10.0. The molecule has 17 heavy (non-hydrogen) atoms. The monoisotopic (exact) mass is 229 g/mol. The molecule has 1 aromatic carbocycles. The molecular weight excluding hydrogens is 206 g/mol. The summed E-state index contributed by atoms with van der Waals surface area (Å²) in [4.78, 5) is 2.20. The number of nitrogens with zero attached hydrogens (tertiary/aromatic N) is 1. The number of hydrogen-bond donors (Lipinski definition) is 0. The van der Waals surface area contributed by atoms with Crippen LogP contribution in [0.1, 0.15) is 31.9 Å². The van der Waals surface area contributed by atoms with Crippen molar-refractivity contribution in [3.8, 4) is 0 Å². The van der Waals surface area contributed by atoms with Crippen molar-refractivity contribution in [1.82, 2.24) is 4.90 Å². The first-order valence-corrected chi connectivity index (χ1v) is 6.09. The molecule has 1 heteroatoms. The van der Waals surface area contributed by atoms with Crippen molar-refractivity contribution in [2.45, 2.75) is 33.7 Å². The first-order valence-electron chi connectivity index (χ1n) is 6.09. The molecule has 0 saturated heterocycles. The van der Waals surface area contributed by atoms with Gasteiger partial charge in [-0.3, -0.25) is 0 Å². The van der Waals surface area contributed by atoms with Crippen molar-refractivity contribution >= 4 is 6.08 Å². The molecule has 0 amide bonds. The van der Waals surface area contributed by atoms with Gasteiger partial charge < -0.3 is 4.90 Å². The van der Waals surface area contributed by atoms with Crippen LogP contribution in [-0.2, 0) is 0 Å². The van der Waals surface area contributed by atoms with E-state index in [-0.39, 0.29) is 0 Å². The molecule has 0 atom stereocenters. The number of aryl methyl sites for hydroxylation is 1. The maximum absolute atomic E-state index is 4.16. The van der Waals surface area contributed by atoms with Gasteiger partial charge in [0.1, 0.15) is 0 Å². The quantitative estimate of drug-likeness (QED) is 0.698. The second kappa shape index (κ2) is 5.72. The minimum atomic E-state index is 0.475. The summed E-state index contributed by atoms with van der Waals surface area (Å²) in [6.07, 6.45) is 2.20. The normalized spacial score (nSPS) is 11.8. The van der Waals surface area contributed by atoms with Gasteiger partial charge in [0.05, 0.1) is 0 Å². The molecule has 0 bridgehead atoms. The Balaban J connectivity index is 2.94. The van der Waals surface area contributed by atoms with Crippen molar-refractivity contribution in [2.75, 3.05) is 7.05 Å². The number of rotatable bonds is 4. The molecular formula is C16H23N. The van der Waals surface area contributed by atoms with Gasteiger partial charge in [-0.25, -0.2) is 0 Å². The van der Waals surface area contributed by atoms with Gasteiger partial charge in [0.15, 0.2) is 0 Å². The number of hydrogen-bond acceptors (Lipinski definition) is 1. The topological polar surface area (TPSA) is 3.24 Å². The predicted molar refractivity (Wildman–Crippen MR) is 76.9 cm³/mol. The average molecular weight is 229 g/mol. The van der Waals surface area contributed by atoms with Crippen molar-refractivity contribution in [3.63, 3.8) is 0 Å². The lowest BCUT2D eigenvalue weighted by molar-refractivity contribution is 0.352. The Labute approximate surface area is 105 Å². The zero-order valence-corrected chi connectivity index (χ0v) is 11.6. The molecule has 92 valence electrons. The number of allylic oxidation sites excluding steroid dienone is 1. The highest BCUT2D eigenvalue weighted by atomic mass is 15.1. The van der Waals surface area contributed by atoms with E-state index in [4.69, 9.17) is 0 Å². The van der Waals surface area contributed by atoms with E-state index in [2.05, 4.69) is 76.6 Å². The molecule has 0 heterocycles. The largest absolute Gasteiger partial charge is 0.372 e. The Morgan fingerprint density at radius 2 is 1.88 bits per heavy atom. The second-order valence-corrected chi connectivity index (χ2v) is 4.84. The summed E-state index contributed by atoms with van der Waals surface area (Å²) < 4.78 is 0. The van der Waals surface area contributed by atoms with Gasteiger partial charge in [-0.05, 0) is 50.5 Å². The molecule has 0 radical (unpaired) electrons. The lowest BCUT2D eigenvalue weighted by Gasteiger charge is -2.26. The average Bonchev–Trinajstić information content (AvgIpc) is 2.30. The van der Waals surface area contributed by atoms with Crippen molar-refractivity contribution in [3.05, 3.63) is 53.2 Å². The van der Waals surface area contributed by atoms with Crippen LogP contribution in [0.3, 0.4) is 0 Å². The summed E-state index contributed by atoms with van der Waals surface area (Å²) in [5.41, 5.74) is 4.87. The summed E-state index contributed by atoms with van der Waals surface area (Å²) in [7, 11) is 2.09. The molecule has 0 aliphatic rings. The van der Waals surface area contributed by atoms with Crippen LogP contribution in [0, 0.1) is 6.92 Å². The standard InChI is InChI=1S/C16H23N/c1-12(2)17(6)15(5)14(4)11-16-10-8-7-9-13(16)3/h7-12H,5H2,1-4,6H3/b14-11-. The summed E-state index contributed by atoms with van der Waals surface area (Å²) in [6, 6.07) is 8.89. The maximum Gasteiger partial charge on any atom is 0.0322 e. The van der Waals surface area contributed by atoms with Crippen LogP contribution in [0.2, 0.25) is 0 Å². The lowest BCUT2D eigenvalue weighted by Crippen LogP contribution is -2.25.